The molecule has 0 aliphatic heterocycles. The van der Waals surface area contributed by atoms with E-state index in [2.05, 4.69) is 11.4 Å². The fourth-order valence-corrected chi connectivity index (χ4v) is 2.09. The normalized spacial score (nSPS) is 12.1. The SMILES string of the molecule is CCCNC(=O)C(CC)Oc1ccc2ccccc2c1. The van der Waals surface area contributed by atoms with Gasteiger partial charge in [0.15, 0.2) is 6.10 Å². The van der Waals surface area contributed by atoms with Crippen LogP contribution >= 0.6 is 0 Å². The summed E-state index contributed by atoms with van der Waals surface area (Å²) in [5.74, 6) is 0.699. The van der Waals surface area contributed by atoms with Crippen LogP contribution in [0.4, 0.5) is 0 Å². The highest BCUT2D eigenvalue weighted by atomic mass is 16.5. The van der Waals surface area contributed by atoms with E-state index in [1.54, 1.807) is 0 Å². The van der Waals surface area contributed by atoms with Gasteiger partial charge in [-0.3, -0.25) is 4.79 Å². The average Bonchev–Trinajstić information content (AvgIpc) is 2.50. The van der Waals surface area contributed by atoms with Crippen LogP contribution in [0.25, 0.3) is 10.8 Å². The summed E-state index contributed by atoms with van der Waals surface area (Å²) >= 11 is 0. The average molecular weight is 271 g/mol. The van der Waals surface area contributed by atoms with Crippen molar-refractivity contribution in [3.05, 3.63) is 42.5 Å². The number of fused-ring (bicyclic) bond motifs is 1. The second-order valence-corrected chi connectivity index (χ2v) is 4.81. The zero-order valence-electron chi connectivity index (χ0n) is 12.1. The van der Waals surface area contributed by atoms with Crippen molar-refractivity contribution in [3.63, 3.8) is 0 Å². The molecule has 2 rings (SSSR count). The maximum Gasteiger partial charge on any atom is 0.261 e. The van der Waals surface area contributed by atoms with E-state index in [-0.39, 0.29) is 5.91 Å². The molecular formula is C17H21NO2. The zero-order chi connectivity index (χ0) is 14.4. The van der Waals surface area contributed by atoms with Gasteiger partial charge in [0.25, 0.3) is 5.91 Å². The molecule has 0 aliphatic rings. The van der Waals surface area contributed by atoms with E-state index < -0.39 is 6.10 Å². The Morgan fingerprint density at radius 3 is 2.60 bits per heavy atom. The van der Waals surface area contributed by atoms with Gasteiger partial charge in [-0.15, -0.1) is 0 Å². The molecule has 3 heteroatoms. The second kappa shape index (κ2) is 6.94. The molecule has 3 nitrogen and oxygen atoms in total. The number of hydrogen-bond donors (Lipinski definition) is 1. The van der Waals surface area contributed by atoms with E-state index >= 15 is 0 Å². The minimum atomic E-state index is -0.428. The van der Waals surface area contributed by atoms with Crippen LogP contribution in [0.2, 0.25) is 0 Å². The molecule has 106 valence electrons. The predicted octanol–water partition coefficient (Wildman–Crippen LogP) is 3.52. The van der Waals surface area contributed by atoms with Gasteiger partial charge in [0.05, 0.1) is 0 Å². The van der Waals surface area contributed by atoms with Crippen LogP contribution in [0.1, 0.15) is 26.7 Å². The van der Waals surface area contributed by atoms with Crippen molar-refractivity contribution in [2.45, 2.75) is 32.8 Å². The van der Waals surface area contributed by atoms with E-state index in [9.17, 15) is 4.79 Å². The van der Waals surface area contributed by atoms with Crippen molar-refractivity contribution in [2.24, 2.45) is 0 Å². The number of ether oxygens (including phenoxy) is 1. The number of benzene rings is 2. The minimum Gasteiger partial charge on any atom is -0.481 e. The lowest BCUT2D eigenvalue weighted by Crippen LogP contribution is -2.38. The Labute approximate surface area is 119 Å². The Bertz CT molecular complexity index is 580. The van der Waals surface area contributed by atoms with Crippen molar-refractivity contribution < 1.29 is 9.53 Å². The summed E-state index contributed by atoms with van der Waals surface area (Å²) in [4.78, 5) is 12.0. The lowest BCUT2D eigenvalue weighted by molar-refractivity contribution is -0.128. The molecule has 0 aromatic heterocycles. The zero-order valence-corrected chi connectivity index (χ0v) is 12.1. The van der Waals surface area contributed by atoms with E-state index in [0.717, 1.165) is 17.6 Å². The Balaban J connectivity index is 2.10. The van der Waals surface area contributed by atoms with Crippen LogP contribution in [0.15, 0.2) is 42.5 Å². The Kier molecular flexibility index (Phi) is 4.99. The highest BCUT2D eigenvalue weighted by molar-refractivity contribution is 5.84. The van der Waals surface area contributed by atoms with E-state index in [1.165, 1.54) is 5.39 Å². The van der Waals surface area contributed by atoms with Gasteiger partial charge < -0.3 is 10.1 Å². The Morgan fingerprint density at radius 2 is 1.90 bits per heavy atom. The van der Waals surface area contributed by atoms with Crippen LogP contribution in [0.5, 0.6) is 5.75 Å². The standard InChI is InChI=1S/C17H21NO2/c1-3-11-18-17(19)16(4-2)20-15-10-9-13-7-5-6-8-14(13)12-15/h5-10,12,16H,3-4,11H2,1-2H3,(H,18,19). The van der Waals surface area contributed by atoms with Gasteiger partial charge >= 0.3 is 0 Å². The summed E-state index contributed by atoms with van der Waals surface area (Å²) in [7, 11) is 0. The van der Waals surface area contributed by atoms with Gasteiger partial charge in [0, 0.05) is 6.54 Å². The molecule has 0 aliphatic carbocycles. The Morgan fingerprint density at radius 1 is 1.15 bits per heavy atom. The summed E-state index contributed by atoms with van der Waals surface area (Å²) in [6.07, 6.45) is 1.16. The highest BCUT2D eigenvalue weighted by Crippen LogP contribution is 2.21. The van der Waals surface area contributed by atoms with Crippen LogP contribution in [-0.4, -0.2) is 18.6 Å². The van der Waals surface area contributed by atoms with Crippen LogP contribution in [0, 0.1) is 0 Å². The van der Waals surface area contributed by atoms with Gasteiger partial charge in [-0.05, 0) is 35.7 Å². The maximum atomic E-state index is 12.0. The van der Waals surface area contributed by atoms with Gasteiger partial charge in [-0.2, -0.15) is 0 Å². The summed E-state index contributed by atoms with van der Waals surface area (Å²) in [6.45, 7) is 4.68. The largest absolute Gasteiger partial charge is 0.481 e. The number of rotatable bonds is 6. The van der Waals surface area contributed by atoms with Crippen molar-refractivity contribution >= 4 is 16.7 Å². The maximum absolute atomic E-state index is 12.0. The topological polar surface area (TPSA) is 38.3 Å². The first-order chi connectivity index (χ1) is 9.74. The lowest BCUT2D eigenvalue weighted by Gasteiger charge is -2.17. The molecule has 0 saturated carbocycles. The summed E-state index contributed by atoms with van der Waals surface area (Å²) in [6, 6.07) is 14.0. The molecule has 1 N–H and O–H groups in total. The fraction of sp³-hybridized carbons (Fsp3) is 0.353. The molecule has 0 radical (unpaired) electrons. The third kappa shape index (κ3) is 3.50. The molecule has 2 aromatic carbocycles. The van der Waals surface area contributed by atoms with Crippen molar-refractivity contribution in [2.75, 3.05) is 6.54 Å². The van der Waals surface area contributed by atoms with Crippen LogP contribution in [0.3, 0.4) is 0 Å². The first kappa shape index (κ1) is 14.4. The smallest absolute Gasteiger partial charge is 0.261 e. The second-order valence-electron chi connectivity index (χ2n) is 4.81. The van der Waals surface area contributed by atoms with Crippen molar-refractivity contribution in [1.29, 1.82) is 0 Å². The third-order valence-electron chi connectivity index (χ3n) is 3.21. The number of hydrogen-bond acceptors (Lipinski definition) is 2. The van der Waals surface area contributed by atoms with Gasteiger partial charge in [0.2, 0.25) is 0 Å². The first-order valence-electron chi connectivity index (χ1n) is 7.17. The number of nitrogens with one attached hydrogen (secondary N) is 1. The molecule has 0 fully saturated rings. The number of carbonyl (C=O) groups is 1. The van der Waals surface area contributed by atoms with E-state index in [0.29, 0.717) is 13.0 Å². The molecule has 2 aromatic rings. The molecule has 0 spiro atoms. The number of carbonyl (C=O) groups excluding carboxylic acids is 1. The molecule has 0 bridgehead atoms. The van der Waals surface area contributed by atoms with Crippen molar-refractivity contribution in [1.82, 2.24) is 5.32 Å². The molecule has 1 amide bonds. The Hall–Kier alpha value is -2.03. The van der Waals surface area contributed by atoms with Gasteiger partial charge in [-0.25, -0.2) is 0 Å². The third-order valence-corrected chi connectivity index (χ3v) is 3.21. The fourth-order valence-electron chi connectivity index (χ4n) is 2.09. The molecule has 1 atom stereocenters. The molecule has 20 heavy (non-hydrogen) atoms. The molecular weight excluding hydrogens is 250 g/mol. The molecule has 0 saturated heterocycles. The summed E-state index contributed by atoms with van der Waals surface area (Å²) in [5.41, 5.74) is 0. The van der Waals surface area contributed by atoms with Gasteiger partial charge in [0.1, 0.15) is 5.75 Å². The number of amides is 1. The van der Waals surface area contributed by atoms with Crippen LogP contribution in [-0.2, 0) is 4.79 Å². The van der Waals surface area contributed by atoms with Crippen LogP contribution < -0.4 is 10.1 Å². The van der Waals surface area contributed by atoms with E-state index in [1.807, 2.05) is 50.2 Å². The summed E-state index contributed by atoms with van der Waals surface area (Å²) in [5, 5.41) is 5.17. The first-order valence-corrected chi connectivity index (χ1v) is 7.17. The monoisotopic (exact) mass is 271 g/mol. The van der Waals surface area contributed by atoms with Crippen molar-refractivity contribution in [3.8, 4) is 5.75 Å². The molecule has 1 unspecified atom stereocenters. The quantitative estimate of drug-likeness (QED) is 0.873. The van der Waals surface area contributed by atoms with E-state index in [4.69, 9.17) is 4.74 Å². The van der Waals surface area contributed by atoms with Gasteiger partial charge in [-0.1, -0.05) is 44.2 Å². The lowest BCUT2D eigenvalue weighted by atomic mass is 10.1. The summed E-state index contributed by atoms with van der Waals surface area (Å²) < 4.78 is 5.82. The predicted molar refractivity (Wildman–Crippen MR) is 82.0 cm³/mol. The molecule has 0 heterocycles. The highest BCUT2D eigenvalue weighted by Gasteiger charge is 2.17. The minimum absolute atomic E-state index is 0.0393.